The van der Waals surface area contributed by atoms with Crippen LogP contribution in [0.5, 0.6) is 0 Å². The van der Waals surface area contributed by atoms with Crippen LogP contribution in [-0.4, -0.2) is 55.7 Å². The van der Waals surface area contributed by atoms with E-state index in [2.05, 4.69) is 22.3 Å². The van der Waals surface area contributed by atoms with E-state index in [1.54, 1.807) is 38.0 Å². The van der Waals surface area contributed by atoms with E-state index in [1.165, 1.54) is 34.7 Å². The predicted molar refractivity (Wildman–Crippen MR) is 147 cm³/mol. The van der Waals surface area contributed by atoms with Gasteiger partial charge in [-0.2, -0.15) is 10.2 Å². The number of hydrogen-bond donors (Lipinski definition) is 0. The van der Waals surface area contributed by atoms with Gasteiger partial charge in [-0.05, 0) is 38.8 Å². The lowest BCUT2D eigenvalue weighted by molar-refractivity contribution is -0.116. The fraction of sp³-hybridized carbons (Fsp3) is 0.455. The van der Waals surface area contributed by atoms with E-state index in [0.717, 1.165) is 11.4 Å². The summed E-state index contributed by atoms with van der Waals surface area (Å²) < 4.78 is 1.28. The molecule has 0 aliphatic heterocycles. The number of rotatable bonds is 10. The molecule has 0 bridgehead atoms. The molecule has 0 unspecified atom stereocenters. The Hall–Kier alpha value is -1.62. The number of carbonyl (C=O) groups is 2. The molecule has 1 aromatic carbocycles. The molecule has 0 spiro atoms. The number of nitrogens with zero attached hydrogens (tertiary/aromatic N) is 4. The lowest BCUT2D eigenvalue weighted by Crippen LogP contribution is -2.19. The van der Waals surface area contributed by atoms with Crippen molar-refractivity contribution in [2.24, 2.45) is 10.2 Å². The maximum atomic E-state index is 11.2. The van der Waals surface area contributed by atoms with Gasteiger partial charge in [0.25, 0.3) is 0 Å². The summed E-state index contributed by atoms with van der Waals surface area (Å²) in [7, 11) is 3.59. The predicted octanol–water partition coefficient (Wildman–Crippen LogP) is 5.30. The Labute approximate surface area is 210 Å². The third-order valence-electron chi connectivity index (χ3n) is 4.00. The molecule has 0 saturated heterocycles. The Morgan fingerprint density at radius 1 is 0.781 bits per heavy atom. The van der Waals surface area contributed by atoms with E-state index in [1.807, 2.05) is 26.0 Å². The van der Waals surface area contributed by atoms with E-state index in [-0.39, 0.29) is 11.6 Å². The molecule has 0 aliphatic rings. The molecule has 0 aromatic heterocycles. The number of thiocarbonyl (C=S) groups is 2. The molecule has 6 nitrogen and oxygen atoms in total. The van der Waals surface area contributed by atoms with E-state index in [9.17, 15) is 9.59 Å². The first-order valence-corrected chi connectivity index (χ1v) is 12.7. The molecule has 1 rings (SSSR count). The summed E-state index contributed by atoms with van der Waals surface area (Å²) in [5.74, 6) is 1.57. The minimum Gasteiger partial charge on any atom is -0.300 e. The van der Waals surface area contributed by atoms with Gasteiger partial charge in [0.15, 0.2) is 8.64 Å². The first-order chi connectivity index (χ1) is 15.0. The van der Waals surface area contributed by atoms with Gasteiger partial charge in [-0.1, -0.05) is 72.2 Å². The maximum Gasteiger partial charge on any atom is 0.156 e. The highest BCUT2D eigenvalue weighted by Crippen LogP contribution is 2.24. The Bertz CT molecular complexity index is 842. The molecule has 10 heteroatoms. The van der Waals surface area contributed by atoms with Crippen molar-refractivity contribution in [1.29, 1.82) is 0 Å². The fourth-order valence-electron chi connectivity index (χ4n) is 2.69. The SMILES string of the molecule is CC(=O)C/C(C)=N/N(C)C(=S)SCc1ccccc1CSC(=S)N(C)/N=C(\C)CC(C)=O. The van der Waals surface area contributed by atoms with Crippen molar-refractivity contribution in [2.75, 3.05) is 14.1 Å². The van der Waals surface area contributed by atoms with Crippen molar-refractivity contribution < 1.29 is 9.59 Å². The molecule has 0 heterocycles. The highest BCUT2D eigenvalue weighted by molar-refractivity contribution is 8.22. The van der Waals surface area contributed by atoms with Crippen LogP contribution in [0.4, 0.5) is 0 Å². The lowest BCUT2D eigenvalue weighted by Gasteiger charge is -2.17. The first kappa shape index (κ1) is 28.4. The number of hydrogen-bond acceptors (Lipinski definition) is 8. The average molecular weight is 511 g/mol. The zero-order chi connectivity index (χ0) is 24.3. The number of ketones is 2. The molecule has 0 saturated carbocycles. The van der Waals surface area contributed by atoms with E-state index >= 15 is 0 Å². The van der Waals surface area contributed by atoms with Gasteiger partial charge < -0.3 is 0 Å². The molecular weight excluding hydrogens is 481 g/mol. The number of Topliss-reactive ketones (excluding diaryl/α,β-unsaturated/α-hetero) is 2. The number of hydrazone groups is 2. The van der Waals surface area contributed by atoms with Gasteiger partial charge in [-0.3, -0.25) is 19.6 Å². The zero-order valence-corrected chi connectivity index (χ0v) is 22.6. The molecule has 32 heavy (non-hydrogen) atoms. The Morgan fingerprint density at radius 2 is 1.12 bits per heavy atom. The molecule has 0 aliphatic carbocycles. The second-order valence-electron chi connectivity index (χ2n) is 7.35. The summed E-state index contributed by atoms with van der Waals surface area (Å²) in [6.07, 6.45) is 0.648. The van der Waals surface area contributed by atoms with Gasteiger partial charge in [-0.15, -0.1) is 0 Å². The Kier molecular flexibility index (Phi) is 12.9. The van der Waals surface area contributed by atoms with Crippen molar-refractivity contribution in [3.63, 3.8) is 0 Å². The molecule has 174 valence electrons. The van der Waals surface area contributed by atoms with E-state index in [4.69, 9.17) is 24.4 Å². The minimum atomic E-state index is 0.0768. The van der Waals surface area contributed by atoms with Crippen molar-refractivity contribution >= 4 is 79.6 Å². The smallest absolute Gasteiger partial charge is 0.156 e. The van der Waals surface area contributed by atoms with E-state index < -0.39 is 0 Å². The van der Waals surface area contributed by atoms with Crippen molar-refractivity contribution in [1.82, 2.24) is 10.0 Å². The lowest BCUT2D eigenvalue weighted by atomic mass is 10.1. The van der Waals surface area contributed by atoms with Crippen LogP contribution in [-0.2, 0) is 21.1 Å². The highest BCUT2D eigenvalue weighted by atomic mass is 32.2. The molecule has 0 amide bonds. The van der Waals surface area contributed by atoms with Gasteiger partial charge >= 0.3 is 0 Å². The fourth-order valence-corrected chi connectivity index (χ4v) is 4.70. The standard InChI is InChI=1S/C22H30N4O2S4/c1-15(11-17(3)27)23-25(5)21(29)31-13-19-9-7-8-10-20(19)14-32-22(30)26(6)24-16(2)12-18(4)28/h7-10H,11-14H2,1-6H3/b23-15+,24-16+. The number of carbonyl (C=O) groups excluding carboxylic acids is 2. The molecular formula is C22H30N4O2S4. The molecule has 0 atom stereocenters. The van der Waals surface area contributed by atoms with Gasteiger partial charge in [0.05, 0.1) is 0 Å². The summed E-state index contributed by atoms with van der Waals surface area (Å²) >= 11 is 14.0. The second kappa shape index (κ2) is 14.5. The van der Waals surface area contributed by atoms with Crippen molar-refractivity contribution in [3.05, 3.63) is 35.4 Å². The van der Waals surface area contributed by atoms with Crippen LogP contribution in [0.3, 0.4) is 0 Å². The normalized spacial score (nSPS) is 11.8. The first-order valence-electron chi connectivity index (χ1n) is 9.94. The van der Waals surface area contributed by atoms with Gasteiger partial charge in [0, 0.05) is 49.9 Å². The quantitative estimate of drug-likeness (QED) is 0.239. The summed E-state index contributed by atoms with van der Waals surface area (Å²) in [5, 5.41) is 12.0. The minimum absolute atomic E-state index is 0.0768. The number of benzene rings is 1. The van der Waals surface area contributed by atoms with Crippen LogP contribution in [0.15, 0.2) is 34.5 Å². The summed E-state index contributed by atoms with van der Waals surface area (Å²) in [5.41, 5.74) is 3.82. The maximum absolute atomic E-state index is 11.2. The number of thioether (sulfide) groups is 2. The van der Waals surface area contributed by atoms with Gasteiger partial charge in [0.2, 0.25) is 0 Å². The van der Waals surface area contributed by atoms with Gasteiger partial charge in [0.1, 0.15) is 11.6 Å². The summed E-state index contributed by atoms with van der Waals surface area (Å²) in [4.78, 5) is 22.5. The van der Waals surface area contributed by atoms with Crippen LogP contribution in [0.1, 0.15) is 51.7 Å². The monoisotopic (exact) mass is 510 g/mol. The van der Waals surface area contributed by atoms with E-state index in [0.29, 0.717) is 33.0 Å². The molecule has 0 radical (unpaired) electrons. The third kappa shape index (κ3) is 11.3. The average Bonchev–Trinajstić information content (AvgIpc) is 2.69. The van der Waals surface area contributed by atoms with Crippen molar-refractivity contribution in [3.8, 4) is 0 Å². The molecule has 0 N–H and O–H groups in total. The zero-order valence-electron chi connectivity index (χ0n) is 19.4. The third-order valence-corrected chi connectivity index (χ3v) is 7.17. The largest absolute Gasteiger partial charge is 0.300 e. The molecule has 0 fully saturated rings. The van der Waals surface area contributed by atoms with Gasteiger partial charge in [-0.25, -0.2) is 0 Å². The van der Waals surface area contributed by atoms with Crippen LogP contribution >= 0.6 is 48.0 Å². The van der Waals surface area contributed by atoms with Crippen LogP contribution in [0.2, 0.25) is 0 Å². The Balaban J connectivity index is 2.69. The summed E-state index contributed by atoms with van der Waals surface area (Å²) in [6.45, 7) is 6.74. The topological polar surface area (TPSA) is 65.3 Å². The Morgan fingerprint density at radius 3 is 1.44 bits per heavy atom. The van der Waals surface area contributed by atoms with Crippen LogP contribution < -0.4 is 0 Å². The summed E-state index contributed by atoms with van der Waals surface area (Å²) in [6, 6.07) is 8.17. The van der Waals surface area contributed by atoms with Crippen LogP contribution in [0.25, 0.3) is 0 Å². The van der Waals surface area contributed by atoms with Crippen LogP contribution in [0, 0.1) is 0 Å². The second-order valence-corrected chi connectivity index (χ2v) is 10.6. The molecule has 1 aromatic rings. The van der Waals surface area contributed by atoms with Crippen molar-refractivity contribution in [2.45, 2.75) is 52.0 Å². The highest BCUT2D eigenvalue weighted by Gasteiger charge is 2.11.